The van der Waals surface area contributed by atoms with E-state index in [1.807, 2.05) is 13.0 Å². The van der Waals surface area contributed by atoms with Crippen LogP contribution in [0.15, 0.2) is 23.8 Å². The van der Waals surface area contributed by atoms with Crippen molar-refractivity contribution in [1.29, 1.82) is 0 Å². The number of ketones is 1. The van der Waals surface area contributed by atoms with Crippen LogP contribution in [0.5, 0.6) is 0 Å². The maximum atomic E-state index is 11.5. The van der Waals surface area contributed by atoms with Gasteiger partial charge in [0, 0.05) is 0 Å². The third kappa shape index (κ3) is 1.77. The zero-order valence-corrected chi connectivity index (χ0v) is 8.04. The van der Waals surface area contributed by atoms with Crippen LogP contribution in [-0.4, -0.2) is 12.1 Å². The van der Waals surface area contributed by atoms with Crippen LogP contribution in [0.25, 0.3) is 0 Å². The number of hydrogen-bond acceptors (Lipinski definition) is 2. The number of allylic oxidation sites excluding steroid dienone is 3. The van der Waals surface area contributed by atoms with Crippen LogP contribution in [0.1, 0.15) is 20.3 Å². The molecule has 0 spiro atoms. The molecule has 2 unspecified atom stereocenters. The second-order valence-electron chi connectivity index (χ2n) is 3.60. The zero-order valence-electron chi connectivity index (χ0n) is 8.04. The highest BCUT2D eigenvalue weighted by atomic mass is 16.1. The minimum Gasteiger partial charge on any atom is -0.303 e. The second kappa shape index (κ2) is 3.69. The van der Waals surface area contributed by atoms with Crippen LogP contribution in [-0.2, 0) is 9.59 Å². The van der Waals surface area contributed by atoms with E-state index in [1.165, 1.54) is 0 Å². The predicted octanol–water partition coefficient (Wildman–Crippen LogP) is 1.91. The minimum atomic E-state index is -0.498. The Morgan fingerprint density at radius 3 is 2.77 bits per heavy atom. The van der Waals surface area contributed by atoms with Gasteiger partial charge in [-0.3, -0.25) is 4.79 Å². The minimum absolute atomic E-state index is 0.00806. The number of carbonyl (C=O) groups excluding carboxylic acids is 2. The van der Waals surface area contributed by atoms with Crippen LogP contribution >= 0.6 is 0 Å². The number of rotatable bonds is 2. The van der Waals surface area contributed by atoms with E-state index in [9.17, 15) is 9.59 Å². The Kier molecular flexibility index (Phi) is 2.81. The van der Waals surface area contributed by atoms with Gasteiger partial charge in [0.2, 0.25) is 0 Å². The molecule has 1 rings (SSSR count). The fraction of sp³-hybridized carbons (Fsp3) is 0.455. The monoisotopic (exact) mass is 178 g/mol. The summed E-state index contributed by atoms with van der Waals surface area (Å²) in [4.78, 5) is 22.3. The van der Waals surface area contributed by atoms with E-state index in [0.29, 0.717) is 5.57 Å². The molecule has 0 radical (unpaired) electrons. The lowest BCUT2D eigenvalue weighted by Gasteiger charge is -2.25. The van der Waals surface area contributed by atoms with Crippen LogP contribution in [0.2, 0.25) is 0 Å². The van der Waals surface area contributed by atoms with E-state index in [2.05, 4.69) is 6.58 Å². The van der Waals surface area contributed by atoms with Crippen molar-refractivity contribution in [3.8, 4) is 0 Å². The molecule has 0 N–H and O–H groups in total. The molecule has 0 aromatic carbocycles. The summed E-state index contributed by atoms with van der Waals surface area (Å²) in [6, 6.07) is 0. The Bertz CT molecular complexity index is 286. The standard InChI is InChI=1S/C11H14O2/c1-7(2)9-5-4-8(3)11(13)10(9)6-12/h4,6,9-10H,1,5H2,2-3H3. The Morgan fingerprint density at radius 2 is 2.31 bits per heavy atom. The first kappa shape index (κ1) is 9.90. The van der Waals surface area contributed by atoms with Crippen molar-refractivity contribution >= 4 is 12.1 Å². The van der Waals surface area contributed by atoms with Crippen molar-refractivity contribution in [2.24, 2.45) is 11.8 Å². The van der Waals surface area contributed by atoms with Gasteiger partial charge in [-0.1, -0.05) is 18.2 Å². The summed E-state index contributed by atoms with van der Waals surface area (Å²) in [5.41, 5.74) is 1.61. The predicted molar refractivity (Wildman–Crippen MR) is 51.2 cm³/mol. The van der Waals surface area contributed by atoms with Gasteiger partial charge in [-0.15, -0.1) is 0 Å². The Labute approximate surface area is 78.3 Å². The first-order valence-corrected chi connectivity index (χ1v) is 4.39. The lowest BCUT2D eigenvalue weighted by Crippen LogP contribution is -2.29. The molecule has 13 heavy (non-hydrogen) atoms. The first-order chi connectivity index (χ1) is 6.07. The molecule has 2 heteroatoms. The molecule has 0 aromatic rings. The fourth-order valence-corrected chi connectivity index (χ4v) is 1.66. The molecule has 1 aliphatic rings. The first-order valence-electron chi connectivity index (χ1n) is 4.39. The van der Waals surface area contributed by atoms with Crippen molar-refractivity contribution < 1.29 is 9.59 Å². The summed E-state index contributed by atoms with van der Waals surface area (Å²) < 4.78 is 0. The van der Waals surface area contributed by atoms with Crippen molar-refractivity contribution in [2.75, 3.05) is 0 Å². The molecule has 0 bridgehead atoms. The number of aldehydes is 1. The van der Waals surface area contributed by atoms with Gasteiger partial charge in [0.15, 0.2) is 5.78 Å². The van der Waals surface area contributed by atoms with Gasteiger partial charge in [-0.25, -0.2) is 0 Å². The van der Waals surface area contributed by atoms with Crippen LogP contribution in [0, 0.1) is 11.8 Å². The molecular formula is C11H14O2. The SMILES string of the molecule is C=C(C)C1CC=C(C)C(=O)C1C=O. The van der Waals surface area contributed by atoms with Gasteiger partial charge in [0.1, 0.15) is 6.29 Å². The van der Waals surface area contributed by atoms with E-state index in [1.54, 1.807) is 6.92 Å². The normalized spacial score (nSPS) is 28.2. The van der Waals surface area contributed by atoms with Crippen molar-refractivity contribution in [1.82, 2.24) is 0 Å². The molecule has 0 amide bonds. The second-order valence-corrected chi connectivity index (χ2v) is 3.60. The molecule has 0 aromatic heterocycles. The average molecular weight is 178 g/mol. The largest absolute Gasteiger partial charge is 0.303 e. The highest BCUT2D eigenvalue weighted by Crippen LogP contribution is 2.29. The Morgan fingerprint density at radius 1 is 1.69 bits per heavy atom. The highest BCUT2D eigenvalue weighted by Gasteiger charge is 2.31. The topological polar surface area (TPSA) is 34.1 Å². The average Bonchev–Trinajstić information content (AvgIpc) is 2.09. The van der Waals surface area contributed by atoms with Crippen molar-refractivity contribution in [2.45, 2.75) is 20.3 Å². The molecular weight excluding hydrogens is 164 g/mol. The molecule has 70 valence electrons. The molecule has 0 heterocycles. The highest BCUT2D eigenvalue weighted by molar-refractivity contribution is 6.05. The van der Waals surface area contributed by atoms with E-state index in [4.69, 9.17) is 0 Å². The third-order valence-electron chi connectivity index (χ3n) is 2.58. The molecule has 0 saturated carbocycles. The van der Waals surface area contributed by atoms with Crippen molar-refractivity contribution in [3.05, 3.63) is 23.8 Å². The van der Waals surface area contributed by atoms with Gasteiger partial charge in [0.25, 0.3) is 0 Å². The fourth-order valence-electron chi connectivity index (χ4n) is 1.66. The lowest BCUT2D eigenvalue weighted by molar-refractivity contribution is -0.126. The lowest BCUT2D eigenvalue weighted by atomic mass is 9.77. The van der Waals surface area contributed by atoms with Gasteiger partial charge >= 0.3 is 0 Å². The number of Topliss-reactive ketones (excluding diaryl/α,β-unsaturated/α-hetero) is 1. The molecule has 2 atom stereocenters. The summed E-state index contributed by atoms with van der Waals surface area (Å²) in [7, 11) is 0. The van der Waals surface area contributed by atoms with E-state index in [0.717, 1.165) is 18.3 Å². The summed E-state index contributed by atoms with van der Waals surface area (Å²) in [6.45, 7) is 7.42. The van der Waals surface area contributed by atoms with Crippen LogP contribution in [0.4, 0.5) is 0 Å². The quantitative estimate of drug-likeness (QED) is 0.368. The maximum absolute atomic E-state index is 11.5. The van der Waals surface area contributed by atoms with E-state index < -0.39 is 5.92 Å². The third-order valence-corrected chi connectivity index (χ3v) is 2.58. The van der Waals surface area contributed by atoms with Crippen LogP contribution < -0.4 is 0 Å². The van der Waals surface area contributed by atoms with Gasteiger partial charge in [-0.05, 0) is 31.8 Å². The molecule has 0 fully saturated rings. The van der Waals surface area contributed by atoms with E-state index >= 15 is 0 Å². The molecule has 2 nitrogen and oxygen atoms in total. The molecule has 0 saturated heterocycles. The molecule has 0 aliphatic heterocycles. The number of carbonyl (C=O) groups is 2. The van der Waals surface area contributed by atoms with Gasteiger partial charge < -0.3 is 4.79 Å². The summed E-state index contributed by atoms with van der Waals surface area (Å²) >= 11 is 0. The smallest absolute Gasteiger partial charge is 0.169 e. The number of hydrogen-bond donors (Lipinski definition) is 0. The summed E-state index contributed by atoms with van der Waals surface area (Å²) in [6.07, 6.45) is 3.40. The Balaban J connectivity index is 2.97. The van der Waals surface area contributed by atoms with Crippen molar-refractivity contribution in [3.63, 3.8) is 0 Å². The maximum Gasteiger partial charge on any atom is 0.169 e. The summed E-state index contributed by atoms with van der Waals surface area (Å²) in [5, 5.41) is 0. The molecule has 1 aliphatic carbocycles. The van der Waals surface area contributed by atoms with Crippen LogP contribution in [0.3, 0.4) is 0 Å². The van der Waals surface area contributed by atoms with E-state index in [-0.39, 0.29) is 11.7 Å². The van der Waals surface area contributed by atoms with Gasteiger partial charge in [0.05, 0.1) is 5.92 Å². The zero-order chi connectivity index (χ0) is 10.0. The summed E-state index contributed by atoms with van der Waals surface area (Å²) in [5.74, 6) is -0.537. The Hall–Kier alpha value is -1.18. The van der Waals surface area contributed by atoms with Gasteiger partial charge in [-0.2, -0.15) is 0 Å².